The average Bonchev–Trinajstić information content (AvgIpc) is 1.84. The number of hydrogen-bond acceptors (Lipinski definition) is 3. The third-order valence-corrected chi connectivity index (χ3v) is 4.38. The zero-order valence-corrected chi connectivity index (χ0v) is 8.79. The number of rotatable bonds is 6. The van der Waals surface area contributed by atoms with Crippen molar-refractivity contribution in [2.75, 3.05) is 10.8 Å². The minimum Gasteiger partial charge on any atom is -0.616 e. The standard InChI is InChI=1S/C6H15NO3S2/c1-2-3-4-5-11(8)6-12(7,9)10/h2-6H2,1H3,(H2,7,9,10). The van der Waals surface area contributed by atoms with E-state index < -0.39 is 26.3 Å². The molecular weight excluding hydrogens is 198 g/mol. The van der Waals surface area contributed by atoms with Crippen LogP contribution in [0.3, 0.4) is 0 Å². The topological polar surface area (TPSA) is 83.2 Å². The van der Waals surface area contributed by atoms with Crippen molar-refractivity contribution >= 4 is 21.2 Å². The van der Waals surface area contributed by atoms with Gasteiger partial charge in [-0.1, -0.05) is 13.3 Å². The summed E-state index contributed by atoms with van der Waals surface area (Å²) in [6.07, 6.45) is 2.82. The van der Waals surface area contributed by atoms with Gasteiger partial charge in [0.2, 0.25) is 5.08 Å². The molecule has 0 aliphatic rings. The molecule has 1 unspecified atom stereocenters. The summed E-state index contributed by atoms with van der Waals surface area (Å²) >= 11 is -1.30. The SMILES string of the molecule is CCCCC[S+]([O-])CS(N)(=O)=O. The van der Waals surface area contributed by atoms with Gasteiger partial charge >= 0.3 is 0 Å². The Bertz CT molecular complexity index is 203. The summed E-state index contributed by atoms with van der Waals surface area (Å²) in [5, 5.41) is 4.31. The van der Waals surface area contributed by atoms with Crippen LogP contribution in [-0.2, 0) is 21.2 Å². The van der Waals surface area contributed by atoms with Crippen molar-refractivity contribution in [3.05, 3.63) is 0 Å². The summed E-state index contributed by atoms with van der Waals surface area (Å²) in [4.78, 5) is 0. The largest absolute Gasteiger partial charge is 0.616 e. The molecule has 0 fully saturated rings. The van der Waals surface area contributed by atoms with Gasteiger partial charge in [0.25, 0.3) is 10.0 Å². The first kappa shape index (κ1) is 12.2. The van der Waals surface area contributed by atoms with E-state index in [4.69, 9.17) is 5.14 Å². The second kappa shape index (κ2) is 5.80. The van der Waals surface area contributed by atoms with E-state index in [1.54, 1.807) is 0 Å². The van der Waals surface area contributed by atoms with Gasteiger partial charge in [-0.3, -0.25) is 0 Å². The number of hydrogen-bond donors (Lipinski definition) is 1. The van der Waals surface area contributed by atoms with Crippen LogP contribution in [0, 0.1) is 0 Å². The Balaban J connectivity index is 3.53. The van der Waals surface area contributed by atoms with Gasteiger partial charge in [-0.15, -0.1) is 0 Å². The van der Waals surface area contributed by atoms with Gasteiger partial charge in [0.05, 0.1) is 0 Å². The molecule has 0 saturated carbocycles. The quantitative estimate of drug-likeness (QED) is 0.504. The summed E-state index contributed by atoms with van der Waals surface area (Å²) in [7, 11) is -3.56. The Morgan fingerprint density at radius 1 is 1.42 bits per heavy atom. The van der Waals surface area contributed by atoms with Gasteiger partial charge in [-0.05, 0) is 24.0 Å². The Labute approximate surface area is 76.8 Å². The van der Waals surface area contributed by atoms with Crippen molar-refractivity contribution in [3.8, 4) is 0 Å². The monoisotopic (exact) mass is 213 g/mol. The van der Waals surface area contributed by atoms with E-state index in [0.29, 0.717) is 5.75 Å². The van der Waals surface area contributed by atoms with E-state index in [0.717, 1.165) is 19.3 Å². The molecule has 4 nitrogen and oxygen atoms in total. The van der Waals surface area contributed by atoms with Crippen LogP contribution in [0.1, 0.15) is 26.2 Å². The maximum Gasteiger partial charge on any atom is 0.255 e. The lowest BCUT2D eigenvalue weighted by Crippen LogP contribution is -2.25. The van der Waals surface area contributed by atoms with Gasteiger partial charge in [0.15, 0.2) is 0 Å². The van der Waals surface area contributed by atoms with Crippen molar-refractivity contribution in [2.45, 2.75) is 26.2 Å². The van der Waals surface area contributed by atoms with Crippen LogP contribution in [0.5, 0.6) is 0 Å². The van der Waals surface area contributed by atoms with Gasteiger partial charge in [-0.2, -0.15) is 0 Å². The molecule has 0 bridgehead atoms. The van der Waals surface area contributed by atoms with Crippen LogP contribution in [0.15, 0.2) is 0 Å². The van der Waals surface area contributed by atoms with Crippen LogP contribution in [0.2, 0.25) is 0 Å². The third-order valence-electron chi connectivity index (χ3n) is 1.27. The average molecular weight is 213 g/mol. The summed E-state index contributed by atoms with van der Waals surface area (Å²) in [5.74, 6) is 0.435. The van der Waals surface area contributed by atoms with E-state index in [1.165, 1.54) is 0 Å². The predicted molar refractivity (Wildman–Crippen MR) is 50.5 cm³/mol. The molecular formula is C6H15NO3S2. The molecule has 0 aliphatic heterocycles. The Morgan fingerprint density at radius 3 is 2.42 bits per heavy atom. The van der Waals surface area contributed by atoms with E-state index in [1.807, 2.05) is 6.92 Å². The number of primary sulfonamides is 1. The lowest BCUT2D eigenvalue weighted by atomic mass is 10.3. The molecule has 0 heterocycles. The minimum atomic E-state index is -3.56. The van der Waals surface area contributed by atoms with Crippen LogP contribution < -0.4 is 5.14 Å². The molecule has 0 amide bonds. The highest BCUT2D eigenvalue weighted by molar-refractivity contribution is 8.07. The van der Waals surface area contributed by atoms with Gasteiger partial charge in [0, 0.05) is 0 Å². The first-order valence-corrected chi connectivity index (χ1v) is 7.01. The Hall–Kier alpha value is 0.220. The molecule has 0 rings (SSSR count). The van der Waals surface area contributed by atoms with Crippen molar-refractivity contribution in [1.29, 1.82) is 0 Å². The zero-order chi connectivity index (χ0) is 9.61. The lowest BCUT2D eigenvalue weighted by Gasteiger charge is -2.08. The van der Waals surface area contributed by atoms with Crippen molar-refractivity contribution in [3.63, 3.8) is 0 Å². The summed E-state index contributed by atoms with van der Waals surface area (Å²) in [6, 6.07) is 0. The molecule has 74 valence electrons. The fourth-order valence-electron chi connectivity index (χ4n) is 0.755. The normalized spacial score (nSPS) is 14.6. The molecule has 12 heavy (non-hydrogen) atoms. The highest BCUT2D eigenvalue weighted by Gasteiger charge is 2.14. The molecule has 0 aromatic rings. The first-order chi connectivity index (χ1) is 5.45. The molecule has 0 spiro atoms. The molecule has 0 radical (unpaired) electrons. The number of sulfonamides is 1. The third kappa shape index (κ3) is 8.32. The highest BCUT2D eigenvalue weighted by Crippen LogP contribution is 2.01. The number of unbranched alkanes of at least 4 members (excludes halogenated alkanes) is 2. The lowest BCUT2D eigenvalue weighted by molar-refractivity contribution is 0.585. The molecule has 0 aromatic carbocycles. The van der Waals surface area contributed by atoms with Crippen molar-refractivity contribution < 1.29 is 13.0 Å². The van der Waals surface area contributed by atoms with E-state index in [-0.39, 0.29) is 0 Å². The van der Waals surface area contributed by atoms with Crippen LogP contribution in [0.4, 0.5) is 0 Å². The molecule has 6 heteroatoms. The maximum absolute atomic E-state index is 11.0. The minimum absolute atomic E-state index is 0.406. The summed E-state index contributed by atoms with van der Waals surface area (Å²) in [5.41, 5.74) is 0. The highest BCUT2D eigenvalue weighted by atomic mass is 32.3. The van der Waals surface area contributed by atoms with Gasteiger partial charge in [0.1, 0.15) is 5.75 Å². The summed E-state index contributed by atoms with van der Waals surface area (Å²) in [6.45, 7) is 2.03. The van der Waals surface area contributed by atoms with Gasteiger partial charge in [-0.25, -0.2) is 13.6 Å². The first-order valence-electron chi connectivity index (χ1n) is 3.81. The van der Waals surface area contributed by atoms with Crippen LogP contribution >= 0.6 is 0 Å². The van der Waals surface area contributed by atoms with Crippen LogP contribution in [-0.4, -0.2) is 23.8 Å². The fraction of sp³-hybridized carbons (Fsp3) is 1.00. The Kier molecular flexibility index (Phi) is 5.90. The van der Waals surface area contributed by atoms with E-state index in [2.05, 4.69) is 0 Å². The second-order valence-electron chi connectivity index (χ2n) is 2.63. The molecule has 0 aromatic heterocycles. The number of nitrogens with two attached hydrogens (primary N) is 1. The smallest absolute Gasteiger partial charge is 0.255 e. The Morgan fingerprint density at radius 2 is 2.00 bits per heavy atom. The van der Waals surface area contributed by atoms with Crippen molar-refractivity contribution in [1.82, 2.24) is 0 Å². The molecule has 1 atom stereocenters. The van der Waals surface area contributed by atoms with E-state index >= 15 is 0 Å². The second-order valence-corrected chi connectivity index (χ2v) is 6.19. The van der Waals surface area contributed by atoms with Gasteiger partial charge < -0.3 is 4.55 Å². The molecule has 0 aliphatic carbocycles. The zero-order valence-electron chi connectivity index (χ0n) is 7.15. The fourth-order valence-corrected chi connectivity index (χ4v) is 3.22. The maximum atomic E-state index is 11.0. The summed E-state index contributed by atoms with van der Waals surface area (Å²) < 4.78 is 31.9. The molecule has 2 N–H and O–H groups in total. The predicted octanol–water partition coefficient (Wildman–Crippen LogP) is 0.171. The van der Waals surface area contributed by atoms with E-state index in [9.17, 15) is 13.0 Å². The van der Waals surface area contributed by atoms with Crippen LogP contribution in [0.25, 0.3) is 0 Å². The van der Waals surface area contributed by atoms with Crippen molar-refractivity contribution in [2.24, 2.45) is 5.14 Å². The molecule has 0 saturated heterocycles.